The second-order valence-electron chi connectivity index (χ2n) is 6.93. The molecule has 0 saturated heterocycles. The Balaban J connectivity index is 1.57. The zero-order valence-corrected chi connectivity index (χ0v) is 17.0. The highest BCUT2D eigenvalue weighted by molar-refractivity contribution is 5.89. The molecule has 1 fully saturated rings. The van der Waals surface area contributed by atoms with E-state index in [0.29, 0.717) is 22.6 Å². The average Bonchev–Trinajstić information content (AvgIpc) is 3.60. The first kappa shape index (κ1) is 21.4. The highest BCUT2D eigenvalue weighted by Crippen LogP contribution is 2.29. The molecule has 7 heteroatoms. The number of benzene rings is 2. The average molecular weight is 413 g/mol. The molecule has 1 aliphatic carbocycles. The third kappa shape index (κ3) is 5.83. The van der Waals surface area contributed by atoms with Gasteiger partial charge in [-0.1, -0.05) is 18.2 Å². The number of hydrogen-bond acceptors (Lipinski definition) is 5. The van der Waals surface area contributed by atoms with E-state index in [2.05, 4.69) is 0 Å². The lowest BCUT2D eigenvalue weighted by molar-refractivity contribution is -0.148. The van der Waals surface area contributed by atoms with Gasteiger partial charge in [0, 0.05) is 30.3 Å². The van der Waals surface area contributed by atoms with Crippen LogP contribution in [0.4, 0.5) is 4.39 Å². The molecule has 1 saturated carbocycles. The van der Waals surface area contributed by atoms with Crippen LogP contribution in [-0.4, -0.2) is 43.6 Å². The van der Waals surface area contributed by atoms with Gasteiger partial charge in [0.05, 0.1) is 14.2 Å². The van der Waals surface area contributed by atoms with E-state index in [1.54, 1.807) is 47.4 Å². The van der Waals surface area contributed by atoms with Crippen molar-refractivity contribution < 1.29 is 28.2 Å². The number of halogens is 1. The molecule has 2 aromatic carbocycles. The Kier molecular flexibility index (Phi) is 7.06. The molecule has 2 aromatic rings. The van der Waals surface area contributed by atoms with Gasteiger partial charge >= 0.3 is 5.97 Å². The normalized spacial score (nSPS) is 13.2. The summed E-state index contributed by atoms with van der Waals surface area (Å²) in [5, 5.41) is 0. The summed E-state index contributed by atoms with van der Waals surface area (Å²) in [6, 6.07) is 11.6. The molecule has 1 aliphatic rings. The predicted octanol–water partition coefficient (Wildman–Crippen LogP) is 3.59. The maximum absolute atomic E-state index is 13.9. The molecule has 30 heavy (non-hydrogen) atoms. The molecule has 0 atom stereocenters. The van der Waals surface area contributed by atoms with Crippen molar-refractivity contribution in [2.45, 2.75) is 25.4 Å². The number of methoxy groups -OCH3 is 2. The largest absolute Gasteiger partial charge is 0.497 e. The van der Waals surface area contributed by atoms with Crippen molar-refractivity contribution >= 4 is 18.0 Å². The lowest BCUT2D eigenvalue weighted by atomic mass is 10.2. The molecule has 0 bridgehead atoms. The van der Waals surface area contributed by atoms with Crippen LogP contribution >= 0.6 is 0 Å². The zero-order chi connectivity index (χ0) is 21.5. The molecule has 0 aliphatic heterocycles. The van der Waals surface area contributed by atoms with Gasteiger partial charge < -0.3 is 19.1 Å². The molecule has 3 rings (SSSR count). The van der Waals surface area contributed by atoms with Crippen molar-refractivity contribution in [1.29, 1.82) is 0 Å². The van der Waals surface area contributed by atoms with Crippen LogP contribution in [0.1, 0.15) is 24.0 Å². The summed E-state index contributed by atoms with van der Waals surface area (Å²) in [5.74, 6) is -0.168. The number of ether oxygens (including phenoxy) is 3. The lowest BCUT2D eigenvalue weighted by Crippen LogP contribution is -2.36. The highest BCUT2D eigenvalue weighted by Gasteiger charge is 2.33. The van der Waals surface area contributed by atoms with Crippen LogP contribution < -0.4 is 9.47 Å². The quantitative estimate of drug-likeness (QED) is 0.464. The number of hydrogen-bond donors (Lipinski definition) is 0. The Labute approximate surface area is 174 Å². The van der Waals surface area contributed by atoms with Crippen LogP contribution in [0.2, 0.25) is 0 Å². The first-order chi connectivity index (χ1) is 14.5. The molecule has 0 unspecified atom stereocenters. The van der Waals surface area contributed by atoms with Gasteiger partial charge in [0.15, 0.2) is 6.61 Å². The maximum atomic E-state index is 13.9. The van der Waals surface area contributed by atoms with Crippen molar-refractivity contribution in [3.63, 3.8) is 0 Å². The van der Waals surface area contributed by atoms with Crippen LogP contribution in [0, 0.1) is 5.82 Å². The van der Waals surface area contributed by atoms with Crippen molar-refractivity contribution in [3.8, 4) is 11.5 Å². The van der Waals surface area contributed by atoms with Gasteiger partial charge in [-0.3, -0.25) is 4.79 Å². The second kappa shape index (κ2) is 9.91. The fourth-order valence-electron chi connectivity index (χ4n) is 2.97. The zero-order valence-electron chi connectivity index (χ0n) is 17.0. The minimum atomic E-state index is -0.647. The van der Waals surface area contributed by atoms with E-state index in [-0.39, 0.29) is 24.3 Å². The van der Waals surface area contributed by atoms with Crippen LogP contribution in [0.5, 0.6) is 11.5 Å². The van der Waals surface area contributed by atoms with Gasteiger partial charge in [-0.15, -0.1) is 0 Å². The van der Waals surface area contributed by atoms with Gasteiger partial charge in [0.25, 0.3) is 5.91 Å². The Hall–Kier alpha value is -3.35. The number of amides is 1. The number of rotatable bonds is 9. The van der Waals surface area contributed by atoms with Crippen LogP contribution in [0.25, 0.3) is 6.08 Å². The highest BCUT2D eigenvalue weighted by atomic mass is 19.1. The predicted molar refractivity (Wildman–Crippen MR) is 110 cm³/mol. The van der Waals surface area contributed by atoms with Crippen LogP contribution in [0.15, 0.2) is 48.5 Å². The van der Waals surface area contributed by atoms with Crippen LogP contribution in [0.3, 0.4) is 0 Å². The number of esters is 1. The summed E-state index contributed by atoms with van der Waals surface area (Å²) < 4.78 is 29.4. The summed E-state index contributed by atoms with van der Waals surface area (Å²) in [4.78, 5) is 26.2. The molecule has 0 aromatic heterocycles. The van der Waals surface area contributed by atoms with Crippen molar-refractivity contribution in [3.05, 3.63) is 65.5 Å². The van der Waals surface area contributed by atoms with Gasteiger partial charge in [-0.2, -0.15) is 0 Å². The molecular formula is C23H24FNO5. The maximum Gasteiger partial charge on any atom is 0.331 e. The molecule has 1 amide bonds. The fourth-order valence-corrected chi connectivity index (χ4v) is 2.97. The van der Waals surface area contributed by atoms with Gasteiger partial charge in [-0.25, -0.2) is 9.18 Å². The molecule has 0 heterocycles. The van der Waals surface area contributed by atoms with E-state index in [4.69, 9.17) is 14.2 Å². The van der Waals surface area contributed by atoms with Gasteiger partial charge in [-0.05, 0) is 42.7 Å². The molecule has 158 valence electrons. The number of carbonyl (C=O) groups excluding carboxylic acids is 2. The van der Waals surface area contributed by atoms with Gasteiger partial charge in [0.1, 0.15) is 17.3 Å². The summed E-state index contributed by atoms with van der Waals surface area (Å²) in [7, 11) is 3.07. The fraction of sp³-hybridized carbons (Fsp3) is 0.304. The second-order valence-corrected chi connectivity index (χ2v) is 6.93. The lowest BCUT2D eigenvalue weighted by Gasteiger charge is -2.22. The van der Waals surface area contributed by atoms with E-state index >= 15 is 0 Å². The summed E-state index contributed by atoms with van der Waals surface area (Å²) >= 11 is 0. The minimum Gasteiger partial charge on any atom is -0.497 e. The SMILES string of the molecule is COc1cc(/C=C/C(=O)OCC(=O)N(Cc2ccccc2F)C2CC2)cc(OC)c1. The van der Waals surface area contributed by atoms with E-state index in [1.807, 2.05) is 0 Å². The molecule has 0 N–H and O–H groups in total. The minimum absolute atomic E-state index is 0.0654. The Morgan fingerprint density at radius 2 is 1.77 bits per heavy atom. The van der Waals surface area contributed by atoms with E-state index in [0.717, 1.165) is 12.8 Å². The standard InChI is InChI=1S/C23H24FNO5/c1-28-19-11-16(12-20(13-19)29-2)7-10-23(27)30-15-22(26)25(18-8-9-18)14-17-5-3-4-6-21(17)24/h3-7,10-13,18H,8-9,14-15H2,1-2H3/b10-7+. The van der Waals surface area contributed by atoms with E-state index in [1.165, 1.54) is 26.4 Å². The first-order valence-corrected chi connectivity index (χ1v) is 9.61. The van der Waals surface area contributed by atoms with E-state index < -0.39 is 12.6 Å². The number of carbonyl (C=O) groups is 2. The van der Waals surface area contributed by atoms with Crippen molar-refractivity contribution in [1.82, 2.24) is 4.90 Å². The monoisotopic (exact) mass is 413 g/mol. The Bertz CT molecular complexity index is 917. The Morgan fingerprint density at radius 3 is 2.37 bits per heavy atom. The summed E-state index contributed by atoms with van der Waals surface area (Å²) in [6.45, 7) is -0.233. The molecular weight excluding hydrogens is 389 g/mol. The molecule has 0 radical (unpaired) electrons. The van der Waals surface area contributed by atoms with Crippen LogP contribution in [-0.2, 0) is 20.9 Å². The third-order valence-corrected chi connectivity index (χ3v) is 4.73. The third-order valence-electron chi connectivity index (χ3n) is 4.73. The smallest absolute Gasteiger partial charge is 0.331 e. The van der Waals surface area contributed by atoms with Gasteiger partial charge in [0.2, 0.25) is 0 Å². The molecule has 6 nitrogen and oxygen atoms in total. The topological polar surface area (TPSA) is 65.1 Å². The molecule has 0 spiro atoms. The first-order valence-electron chi connectivity index (χ1n) is 9.61. The van der Waals surface area contributed by atoms with E-state index in [9.17, 15) is 14.0 Å². The van der Waals surface area contributed by atoms with Crippen molar-refractivity contribution in [2.75, 3.05) is 20.8 Å². The number of nitrogens with zero attached hydrogens (tertiary/aromatic N) is 1. The van der Waals surface area contributed by atoms with Crippen molar-refractivity contribution in [2.24, 2.45) is 0 Å². The summed E-state index contributed by atoms with van der Waals surface area (Å²) in [6.07, 6.45) is 4.52. The summed E-state index contributed by atoms with van der Waals surface area (Å²) in [5.41, 5.74) is 1.13. The Morgan fingerprint density at radius 1 is 1.10 bits per heavy atom.